The van der Waals surface area contributed by atoms with Gasteiger partial charge in [-0.15, -0.1) is 0 Å². The van der Waals surface area contributed by atoms with E-state index in [1.54, 1.807) is 6.07 Å². The van der Waals surface area contributed by atoms with Crippen LogP contribution in [-0.4, -0.2) is 42.2 Å². The Labute approximate surface area is 176 Å². The molecule has 1 aromatic heterocycles. The van der Waals surface area contributed by atoms with Crippen molar-refractivity contribution in [2.75, 3.05) is 24.3 Å². The number of rotatable bonds is 6. The van der Waals surface area contributed by atoms with Gasteiger partial charge in [-0.1, -0.05) is 29.8 Å². The van der Waals surface area contributed by atoms with E-state index < -0.39 is 6.09 Å². The maximum Gasteiger partial charge on any atom is 0.407 e. The first kappa shape index (κ1) is 21.2. The Morgan fingerprint density at radius 3 is 2.55 bits per heavy atom. The van der Waals surface area contributed by atoms with Crippen molar-refractivity contribution in [2.45, 2.75) is 51.3 Å². The Bertz CT molecular complexity index is 838. The number of aryl methyl sites for hydroxylation is 1. The van der Waals surface area contributed by atoms with Crippen LogP contribution in [0.3, 0.4) is 0 Å². The monoisotopic (exact) mass is 417 g/mol. The molecule has 1 fully saturated rings. The van der Waals surface area contributed by atoms with Crippen LogP contribution in [0.15, 0.2) is 30.3 Å². The summed E-state index contributed by atoms with van der Waals surface area (Å²) in [5, 5.41) is 7.07. The van der Waals surface area contributed by atoms with E-state index in [2.05, 4.69) is 20.6 Å². The molecule has 7 nitrogen and oxygen atoms in total. The zero-order valence-corrected chi connectivity index (χ0v) is 17.9. The summed E-state index contributed by atoms with van der Waals surface area (Å²) >= 11 is 6.09. The van der Waals surface area contributed by atoms with Crippen LogP contribution in [0.4, 0.5) is 16.4 Å². The summed E-state index contributed by atoms with van der Waals surface area (Å²) in [6.07, 6.45) is 3.29. The van der Waals surface area contributed by atoms with Gasteiger partial charge in [0.05, 0.1) is 0 Å². The highest BCUT2D eigenvalue weighted by Crippen LogP contribution is 2.23. The fourth-order valence-electron chi connectivity index (χ4n) is 3.41. The van der Waals surface area contributed by atoms with Crippen LogP contribution >= 0.6 is 11.6 Å². The number of alkyl carbamates (subject to hydrolysis) is 1. The molecule has 2 N–H and O–H groups in total. The molecule has 29 heavy (non-hydrogen) atoms. The van der Waals surface area contributed by atoms with Gasteiger partial charge in [-0.25, -0.2) is 14.8 Å². The molecule has 0 aliphatic heterocycles. The van der Waals surface area contributed by atoms with Crippen molar-refractivity contribution in [3.05, 3.63) is 46.7 Å². The number of nitrogens with one attached hydrogen (secondary N) is 2. The second-order valence-corrected chi connectivity index (χ2v) is 7.96. The number of nitrogens with zero attached hydrogens (tertiary/aromatic N) is 3. The topological polar surface area (TPSA) is 79.4 Å². The van der Waals surface area contributed by atoms with Gasteiger partial charge >= 0.3 is 6.09 Å². The number of halogens is 1. The second kappa shape index (κ2) is 9.78. The third-order valence-corrected chi connectivity index (χ3v) is 5.37. The fraction of sp³-hybridized carbons (Fsp3) is 0.476. The predicted molar refractivity (Wildman–Crippen MR) is 116 cm³/mol. The van der Waals surface area contributed by atoms with Crippen molar-refractivity contribution in [3.63, 3.8) is 0 Å². The number of benzene rings is 1. The van der Waals surface area contributed by atoms with Gasteiger partial charge < -0.3 is 20.3 Å². The number of anilines is 2. The predicted octanol–water partition coefficient (Wildman–Crippen LogP) is 4.15. The minimum absolute atomic E-state index is 0.122. The molecule has 1 amide bonds. The lowest BCUT2D eigenvalue weighted by atomic mass is 9.91. The molecule has 0 spiro atoms. The summed E-state index contributed by atoms with van der Waals surface area (Å²) in [7, 11) is 3.93. The first-order valence-corrected chi connectivity index (χ1v) is 10.2. The summed E-state index contributed by atoms with van der Waals surface area (Å²) in [5.74, 6) is 2.48. The van der Waals surface area contributed by atoms with Crippen LogP contribution < -0.4 is 15.5 Å². The molecule has 0 saturated heterocycles. The molecule has 156 valence electrons. The van der Waals surface area contributed by atoms with Gasteiger partial charge in [-0.05, 0) is 38.7 Å². The normalized spacial score (nSPS) is 18.8. The number of aromatic nitrogens is 2. The SMILES string of the molecule is Cc1nc(NC2CCC(NC(=O)OCc3ccccc3Cl)CC2)cc(N(C)C)n1. The maximum absolute atomic E-state index is 12.1. The van der Waals surface area contributed by atoms with Crippen molar-refractivity contribution < 1.29 is 9.53 Å². The second-order valence-electron chi connectivity index (χ2n) is 7.56. The standard InChI is InChI=1S/C21H28ClN5O2/c1-14-23-19(12-20(24-14)27(2)3)25-16-8-10-17(11-9-16)26-21(28)29-13-15-6-4-5-7-18(15)22/h4-7,12,16-17H,8-11,13H2,1-3H3,(H,26,28)(H,23,24,25). The lowest BCUT2D eigenvalue weighted by Gasteiger charge is -2.30. The average molecular weight is 418 g/mol. The minimum atomic E-state index is -0.400. The summed E-state index contributed by atoms with van der Waals surface area (Å²) < 4.78 is 5.31. The zero-order valence-electron chi connectivity index (χ0n) is 17.1. The van der Waals surface area contributed by atoms with Gasteiger partial charge in [0, 0.05) is 42.8 Å². The smallest absolute Gasteiger partial charge is 0.407 e. The Balaban J connectivity index is 1.43. The molecule has 1 aromatic carbocycles. The summed E-state index contributed by atoms with van der Waals surface area (Å²) in [5.41, 5.74) is 0.800. The molecule has 1 aliphatic rings. The highest BCUT2D eigenvalue weighted by molar-refractivity contribution is 6.31. The Kier molecular flexibility index (Phi) is 7.14. The number of carbonyl (C=O) groups excluding carboxylic acids is 1. The largest absolute Gasteiger partial charge is 0.445 e. The van der Waals surface area contributed by atoms with Gasteiger partial charge in [0.1, 0.15) is 24.1 Å². The van der Waals surface area contributed by atoms with Crippen molar-refractivity contribution >= 4 is 29.3 Å². The van der Waals surface area contributed by atoms with Crippen LogP contribution in [0.2, 0.25) is 5.02 Å². The van der Waals surface area contributed by atoms with Gasteiger partial charge in [0.15, 0.2) is 0 Å². The number of amides is 1. The molecular formula is C21H28ClN5O2. The highest BCUT2D eigenvalue weighted by atomic mass is 35.5. The summed E-state index contributed by atoms with van der Waals surface area (Å²) in [6, 6.07) is 9.77. The molecule has 2 aromatic rings. The van der Waals surface area contributed by atoms with Crippen LogP contribution in [0, 0.1) is 6.92 Å². The Hall–Kier alpha value is -2.54. The van der Waals surface area contributed by atoms with E-state index in [0.717, 1.165) is 48.7 Å². The lowest BCUT2D eigenvalue weighted by molar-refractivity contribution is 0.132. The third kappa shape index (κ3) is 6.22. The summed E-state index contributed by atoms with van der Waals surface area (Å²) in [6.45, 7) is 2.07. The zero-order chi connectivity index (χ0) is 20.8. The third-order valence-electron chi connectivity index (χ3n) is 5.00. The van der Waals surface area contributed by atoms with Crippen molar-refractivity contribution in [3.8, 4) is 0 Å². The van der Waals surface area contributed by atoms with Gasteiger partial charge in [0.25, 0.3) is 0 Å². The molecule has 0 atom stereocenters. The molecule has 0 unspecified atom stereocenters. The van der Waals surface area contributed by atoms with Crippen molar-refractivity contribution in [2.24, 2.45) is 0 Å². The molecule has 1 heterocycles. The van der Waals surface area contributed by atoms with E-state index in [1.807, 2.05) is 50.2 Å². The Morgan fingerprint density at radius 2 is 1.86 bits per heavy atom. The Morgan fingerprint density at radius 1 is 1.17 bits per heavy atom. The van der Waals surface area contributed by atoms with E-state index in [1.165, 1.54) is 0 Å². The van der Waals surface area contributed by atoms with Gasteiger partial charge in [-0.3, -0.25) is 0 Å². The van der Waals surface area contributed by atoms with Crippen LogP contribution in [0.25, 0.3) is 0 Å². The number of hydrogen-bond donors (Lipinski definition) is 2. The van der Waals surface area contributed by atoms with Crippen LogP contribution in [0.1, 0.15) is 37.1 Å². The van der Waals surface area contributed by atoms with Gasteiger partial charge in [0.2, 0.25) is 0 Å². The summed E-state index contributed by atoms with van der Waals surface area (Å²) in [4.78, 5) is 23.0. The average Bonchev–Trinajstić information content (AvgIpc) is 2.68. The number of ether oxygens (including phenoxy) is 1. The van der Waals surface area contributed by atoms with E-state index in [9.17, 15) is 4.79 Å². The quantitative estimate of drug-likeness (QED) is 0.734. The van der Waals surface area contributed by atoms with Crippen LogP contribution in [-0.2, 0) is 11.3 Å². The molecule has 0 bridgehead atoms. The number of hydrogen-bond acceptors (Lipinski definition) is 6. The van der Waals surface area contributed by atoms with E-state index in [4.69, 9.17) is 16.3 Å². The van der Waals surface area contributed by atoms with E-state index in [0.29, 0.717) is 11.1 Å². The van der Waals surface area contributed by atoms with Crippen molar-refractivity contribution in [1.29, 1.82) is 0 Å². The number of carbonyl (C=O) groups is 1. The molecule has 3 rings (SSSR count). The molecular weight excluding hydrogens is 390 g/mol. The lowest BCUT2D eigenvalue weighted by Crippen LogP contribution is -2.40. The molecule has 0 radical (unpaired) electrons. The van der Waals surface area contributed by atoms with E-state index >= 15 is 0 Å². The minimum Gasteiger partial charge on any atom is -0.445 e. The first-order chi connectivity index (χ1) is 13.9. The molecule has 1 saturated carbocycles. The van der Waals surface area contributed by atoms with E-state index in [-0.39, 0.29) is 12.6 Å². The maximum atomic E-state index is 12.1. The first-order valence-electron chi connectivity index (χ1n) is 9.87. The fourth-order valence-corrected chi connectivity index (χ4v) is 3.60. The van der Waals surface area contributed by atoms with Crippen LogP contribution in [0.5, 0.6) is 0 Å². The molecule has 8 heteroatoms. The molecule has 1 aliphatic carbocycles. The highest BCUT2D eigenvalue weighted by Gasteiger charge is 2.23. The van der Waals surface area contributed by atoms with Gasteiger partial charge in [-0.2, -0.15) is 0 Å². The van der Waals surface area contributed by atoms with Crippen molar-refractivity contribution in [1.82, 2.24) is 15.3 Å².